The van der Waals surface area contributed by atoms with Gasteiger partial charge in [0.25, 0.3) is 0 Å². The highest BCUT2D eigenvalue weighted by atomic mass is 32.1. The van der Waals surface area contributed by atoms with Gasteiger partial charge in [-0.05, 0) is 53.1 Å². The Hall–Kier alpha value is -2.07. The lowest BCUT2D eigenvalue weighted by Crippen LogP contribution is -2.06. The van der Waals surface area contributed by atoms with Crippen LogP contribution in [0.5, 0.6) is 5.75 Å². The van der Waals surface area contributed by atoms with Gasteiger partial charge in [0.1, 0.15) is 5.75 Å². The molecule has 1 heterocycles. The summed E-state index contributed by atoms with van der Waals surface area (Å²) in [7, 11) is 1.62. The summed E-state index contributed by atoms with van der Waals surface area (Å²) in [6.07, 6.45) is 1.82. The smallest absolute Gasteiger partial charge is 0.338 e. The number of rotatable bonds is 5. The molecule has 4 heteroatoms. The molecule has 0 radical (unpaired) electrons. The molecule has 2 rings (SSSR count). The number of benzene rings is 1. The molecular formula is C16H16O3S. The third kappa shape index (κ3) is 3.48. The fourth-order valence-corrected chi connectivity index (χ4v) is 2.44. The Labute approximate surface area is 122 Å². The molecule has 1 aromatic carbocycles. The van der Waals surface area contributed by atoms with E-state index in [4.69, 9.17) is 9.47 Å². The standard InChI is InChI=1S/C16H16O3S/c1-3-19-16(17)15(13-7-8-20-11-13)10-12-5-4-6-14(9-12)18-2/h4-11H,3H2,1-2H3. The van der Waals surface area contributed by atoms with Crippen molar-refractivity contribution in [3.05, 3.63) is 52.2 Å². The summed E-state index contributed by atoms with van der Waals surface area (Å²) in [6, 6.07) is 9.47. The molecule has 0 atom stereocenters. The number of carbonyl (C=O) groups is 1. The molecule has 0 aliphatic carbocycles. The van der Waals surface area contributed by atoms with Crippen molar-refractivity contribution in [1.82, 2.24) is 0 Å². The Morgan fingerprint density at radius 1 is 1.35 bits per heavy atom. The van der Waals surface area contributed by atoms with Crippen LogP contribution in [0.1, 0.15) is 18.1 Å². The summed E-state index contributed by atoms with van der Waals surface area (Å²) in [5.74, 6) is 0.445. The number of esters is 1. The van der Waals surface area contributed by atoms with Crippen molar-refractivity contribution in [2.45, 2.75) is 6.92 Å². The van der Waals surface area contributed by atoms with Gasteiger partial charge in [-0.25, -0.2) is 4.79 Å². The van der Waals surface area contributed by atoms with Crippen LogP contribution < -0.4 is 4.74 Å². The lowest BCUT2D eigenvalue weighted by atomic mass is 10.1. The summed E-state index contributed by atoms with van der Waals surface area (Å²) in [5, 5.41) is 3.87. The van der Waals surface area contributed by atoms with Crippen molar-refractivity contribution in [3.8, 4) is 5.75 Å². The first-order valence-electron chi connectivity index (χ1n) is 6.30. The van der Waals surface area contributed by atoms with Gasteiger partial charge in [-0.1, -0.05) is 12.1 Å². The zero-order valence-corrected chi connectivity index (χ0v) is 12.3. The number of carbonyl (C=O) groups excluding carboxylic acids is 1. The molecular weight excluding hydrogens is 272 g/mol. The zero-order valence-electron chi connectivity index (χ0n) is 11.5. The van der Waals surface area contributed by atoms with E-state index >= 15 is 0 Å². The van der Waals surface area contributed by atoms with Gasteiger partial charge in [0.2, 0.25) is 0 Å². The minimum absolute atomic E-state index is 0.311. The van der Waals surface area contributed by atoms with Gasteiger partial charge in [-0.15, -0.1) is 0 Å². The minimum atomic E-state index is -0.311. The van der Waals surface area contributed by atoms with Crippen LogP contribution >= 0.6 is 11.3 Å². The topological polar surface area (TPSA) is 35.5 Å². The van der Waals surface area contributed by atoms with E-state index in [1.54, 1.807) is 25.4 Å². The maximum absolute atomic E-state index is 12.1. The van der Waals surface area contributed by atoms with Gasteiger partial charge in [-0.2, -0.15) is 11.3 Å². The maximum atomic E-state index is 12.1. The average molecular weight is 288 g/mol. The number of methoxy groups -OCH3 is 1. The molecule has 20 heavy (non-hydrogen) atoms. The van der Waals surface area contributed by atoms with Crippen molar-refractivity contribution in [1.29, 1.82) is 0 Å². The first kappa shape index (κ1) is 14.3. The fourth-order valence-electron chi connectivity index (χ4n) is 1.78. The molecule has 0 spiro atoms. The second kappa shape index (κ2) is 6.91. The van der Waals surface area contributed by atoms with Crippen LogP contribution in [0.3, 0.4) is 0 Å². The van der Waals surface area contributed by atoms with Crippen LogP contribution in [0.15, 0.2) is 41.1 Å². The summed E-state index contributed by atoms with van der Waals surface area (Å²) < 4.78 is 10.3. The highest BCUT2D eigenvalue weighted by Crippen LogP contribution is 2.23. The Morgan fingerprint density at radius 2 is 2.20 bits per heavy atom. The first-order chi connectivity index (χ1) is 9.74. The second-order valence-corrected chi connectivity index (χ2v) is 4.85. The Morgan fingerprint density at radius 3 is 2.85 bits per heavy atom. The van der Waals surface area contributed by atoms with Gasteiger partial charge in [-0.3, -0.25) is 0 Å². The monoisotopic (exact) mass is 288 g/mol. The zero-order chi connectivity index (χ0) is 14.4. The summed E-state index contributed by atoms with van der Waals surface area (Å²) in [5.41, 5.74) is 2.33. The second-order valence-electron chi connectivity index (χ2n) is 4.07. The van der Waals surface area contributed by atoms with E-state index in [9.17, 15) is 4.79 Å². The van der Waals surface area contributed by atoms with E-state index in [1.807, 2.05) is 47.2 Å². The van der Waals surface area contributed by atoms with Crippen LogP contribution in [0, 0.1) is 0 Å². The van der Waals surface area contributed by atoms with Crippen molar-refractivity contribution in [3.63, 3.8) is 0 Å². The molecule has 0 bridgehead atoms. The van der Waals surface area contributed by atoms with E-state index in [0.717, 1.165) is 16.9 Å². The van der Waals surface area contributed by atoms with Crippen LogP contribution in [-0.2, 0) is 9.53 Å². The highest BCUT2D eigenvalue weighted by molar-refractivity contribution is 7.08. The maximum Gasteiger partial charge on any atom is 0.338 e. The van der Waals surface area contributed by atoms with Gasteiger partial charge < -0.3 is 9.47 Å². The van der Waals surface area contributed by atoms with Gasteiger partial charge in [0.15, 0.2) is 0 Å². The number of thiophene rings is 1. The summed E-state index contributed by atoms with van der Waals surface area (Å²) in [6.45, 7) is 2.16. The predicted molar refractivity (Wildman–Crippen MR) is 81.8 cm³/mol. The molecule has 3 nitrogen and oxygen atoms in total. The number of hydrogen-bond donors (Lipinski definition) is 0. The Kier molecular flexibility index (Phi) is 4.96. The van der Waals surface area contributed by atoms with Gasteiger partial charge in [0.05, 0.1) is 19.3 Å². The van der Waals surface area contributed by atoms with Crippen molar-refractivity contribution >= 4 is 29.0 Å². The summed E-state index contributed by atoms with van der Waals surface area (Å²) >= 11 is 1.55. The lowest BCUT2D eigenvalue weighted by molar-refractivity contribution is -0.136. The minimum Gasteiger partial charge on any atom is -0.497 e. The molecule has 0 aliphatic heterocycles. The van der Waals surface area contributed by atoms with Gasteiger partial charge >= 0.3 is 5.97 Å². The average Bonchev–Trinajstić information content (AvgIpc) is 2.99. The van der Waals surface area contributed by atoms with Crippen molar-refractivity contribution < 1.29 is 14.3 Å². The largest absolute Gasteiger partial charge is 0.497 e. The third-order valence-corrected chi connectivity index (χ3v) is 3.42. The van der Waals surface area contributed by atoms with E-state index in [1.165, 1.54) is 0 Å². The molecule has 0 aliphatic rings. The molecule has 0 N–H and O–H groups in total. The van der Waals surface area contributed by atoms with Crippen molar-refractivity contribution in [2.75, 3.05) is 13.7 Å². The van der Waals surface area contributed by atoms with Crippen LogP contribution in [0.4, 0.5) is 0 Å². The number of hydrogen-bond acceptors (Lipinski definition) is 4. The van der Waals surface area contributed by atoms with E-state index in [2.05, 4.69) is 0 Å². The molecule has 0 saturated heterocycles. The molecule has 0 unspecified atom stereocenters. The van der Waals surface area contributed by atoms with E-state index in [0.29, 0.717) is 12.2 Å². The normalized spacial score (nSPS) is 11.2. The first-order valence-corrected chi connectivity index (χ1v) is 7.24. The SMILES string of the molecule is CCOC(=O)C(=Cc1cccc(OC)c1)c1ccsc1. The Balaban J connectivity index is 2.39. The molecule has 0 saturated carbocycles. The third-order valence-electron chi connectivity index (χ3n) is 2.73. The fraction of sp³-hybridized carbons (Fsp3) is 0.188. The van der Waals surface area contributed by atoms with E-state index < -0.39 is 0 Å². The van der Waals surface area contributed by atoms with Crippen LogP contribution in [-0.4, -0.2) is 19.7 Å². The van der Waals surface area contributed by atoms with E-state index in [-0.39, 0.29) is 5.97 Å². The lowest BCUT2D eigenvalue weighted by Gasteiger charge is -2.06. The van der Waals surface area contributed by atoms with Crippen LogP contribution in [0.25, 0.3) is 11.6 Å². The number of ether oxygens (including phenoxy) is 2. The van der Waals surface area contributed by atoms with Crippen molar-refractivity contribution in [2.24, 2.45) is 0 Å². The predicted octanol–water partition coefficient (Wildman–Crippen LogP) is 3.86. The molecule has 0 amide bonds. The van der Waals surface area contributed by atoms with Crippen LogP contribution in [0.2, 0.25) is 0 Å². The highest BCUT2D eigenvalue weighted by Gasteiger charge is 2.13. The molecule has 104 valence electrons. The molecule has 0 fully saturated rings. The molecule has 1 aromatic heterocycles. The summed E-state index contributed by atoms with van der Waals surface area (Å²) in [4.78, 5) is 12.1. The Bertz CT molecular complexity index is 600. The quantitative estimate of drug-likeness (QED) is 0.619. The van der Waals surface area contributed by atoms with Gasteiger partial charge in [0, 0.05) is 0 Å². The molecule has 2 aromatic rings.